The van der Waals surface area contributed by atoms with Crippen LogP contribution in [0, 0.1) is 0 Å². The van der Waals surface area contributed by atoms with Gasteiger partial charge in [0.2, 0.25) is 0 Å². The third-order valence-electron chi connectivity index (χ3n) is 1.79. The van der Waals surface area contributed by atoms with Crippen molar-refractivity contribution in [3.05, 3.63) is 40.2 Å². The summed E-state index contributed by atoms with van der Waals surface area (Å²) in [5, 5.41) is 9.36. The first-order valence-corrected chi connectivity index (χ1v) is 5.13. The number of benzene rings is 1. The first-order valence-electron chi connectivity index (χ1n) is 4.38. The van der Waals surface area contributed by atoms with Gasteiger partial charge in [-0.25, -0.2) is 4.79 Å². The van der Waals surface area contributed by atoms with Crippen molar-refractivity contribution < 1.29 is 19.1 Å². The van der Waals surface area contributed by atoms with Crippen LogP contribution in [0.1, 0.15) is 10.5 Å². The number of aromatic nitrogens is 1. The standard InChI is InChI=1S/C10H5Cl2NO4/c11-5-1-2-8(6(12)3-5)17-10-13-7(4-16-10)9(14)15/h1-4H,(H,14,15). The third kappa shape index (κ3) is 2.69. The van der Waals surface area contributed by atoms with Gasteiger partial charge in [0.15, 0.2) is 11.4 Å². The van der Waals surface area contributed by atoms with E-state index in [1.54, 1.807) is 6.07 Å². The second-order valence-electron chi connectivity index (χ2n) is 2.98. The highest BCUT2D eigenvalue weighted by Crippen LogP contribution is 2.31. The van der Waals surface area contributed by atoms with Crippen LogP contribution in [0.4, 0.5) is 0 Å². The fourth-order valence-electron chi connectivity index (χ4n) is 1.05. The van der Waals surface area contributed by atoms with Gasteiger partial charge in [-0.3, -0.25) is 0 Å². The molecular weight excluding hydrogens is 269 g/mol. The van der Waals surface area contributed by atoms with Crippen LogP contribution in [0.3, 0.4) is 0 Å². The summed E-state index contributed by atoms with van der Waals surface area (Å²) in [5.74, 6) is -0.930. The van der Waals surface area contributed by atoms with Gasteiger partial charge in [0.25, 0.3) is 0 Å². The van der Waals surface area contributed by atoms with E-state index in [2.05, 4.69) is 4.98 Å². The van der Waals surface area contributed by atoms with Crippen molar-refractivity contribution in [2.45, 2.75) is 0 Å². The minimum absolute atomic E-state index is 0.202. The van der Waals surface area contributed by atoms with E-state index in [0.29, 0.717) is 5.02 Å². The van der Waals surface area contributed by atoms with Gasteiger partial charge in [-0.1, -0.05) is 23.2 Å². The Labute approximate surface area is 106 Å². The molecule has 2 aromatic rings. The largest absolute Gasteiger partial charge is 0.476 e. The van der Waals surface area contributed by atoms with Crippen molar-refractivity contribution in [3.8, 4) is 11.8 Å². The van der Waals surface area contributed by atoms with E-state index in [1.807, 2.05) is 0 Å². The van der Waals surface area contributed by atoms with Gasteiger partial charge in [-0.2, -0.15) is 4.98 Å². The summed E-state index contributed by atoms with van der Waals surface area (Å²) in [6, 6.07) is 4.58. The molecule has 88 valence electrons. The summed E-state index contributed by atoms with van der Waals surface area (Å²) in [6.45, 7) is 0. The number of carboxylic acids is 1. The molecule has 0 atom stereocenters. The van der Waals surface area contributed by atoms with Crippen LogP contribution in [0.5, 0.6) is 11.8 Å². The molecule has 7 heteroatoms. The Morgan fingerprint density at radius 2 is 2.18 bits per heavy atom. The van der Waals surface area contributed by atoms with Crippen LogP contribution in [0.15, 0.2) is 28.9 Å². The first-order chi connectivity index (χ1) is 8.06. The summed E-state index contributed by atoms with van der Waals surface area (Å²) in [5.41, 5.74) is -0.245. The average molecular weight is 274 g/mol. The lowest BCUT2D eigenvalue weighted by molar-refractivity contribution is 0.0690. The maximum atomic E-state index is 10.6. The van der Waals surface area contributed by atoms with Crippen LogP contribution >= 0.6 is 23.2 Å². The molecule has 0 aliphatic rings. The summed E-state index contributed by atoms with van der Waals surface area (Å²) < 4.78 is 9.97. The summed E-state index contributed by atoms with van der Waals surface area (Å²) in [7, 11) is 0. The third-order valence-corrected chi connectivity index (χ3v) is 2.32. The average Bonchev–Trinajstić information content (AvgIpc) is 2.71. The van der Waals surface area contributed by atoms with Crippen molar-refractivity contribution in [2.75, 3.05) is 0 Å². The van der Waals surface area contributed by atoms with Gasteiger partial charge < -0.3 is 14.3 Å². The number of hydrogen-bond acceptors (Lipinski definition) is 4. The Kier molecular flexibility index (Phi) is 3.21. The lowest BCUT2D eigenvalue weighted by Crippen LogP contribution is -1.95. The number of carboxylic acid groups (broad SMARTS) is 1. The van der Waals surface area contributed by atoms with Crippen LogP contribution in [0.25, 0.3) is 0 Å². The number of ether oxygens (including phenoxy) is 1. The van der Waals surface area contributed by atoms with Gasteiger partial charge >= 0.3 is 12.0 Å². The second-order valence-corrected chi connectivity index (χ2v) is 3.82. The van der Waals surface area contributed by atoms with E-state index >= 15 is 0 Å². The molecule has 5 nitrogen and oxygen atoms in total. The molecule has 1 heterocycles. The fraction of sp³-hybridized carbons (Fsp3) is 0. The Hall–Kier alpha value is -1.72. The van der Waals surface area contributed by atoms with Crippen molar-refractivity contribution in [3.63, 3.8) is 0 Å². The number of nitrogens with zero attached hydrogens (tertiary/aromatic N) is 1. The molecule has 0 unspecified atom stereocenters. The maximum absolute atomic E-state index is 10.6. The van der Waals surface area contributed by atoms with Gasteiger partial charge in [0, 0.05) is 5.02 Å². The molecule has 17 heavy (non-hydrogen) atoms. The molecular formula is C10H5Cl2NO4. The van der Waals surface area contributed by atoms with E-state index in [-0.39, 0.29) is 22.5 Å². The Balaban J connectivity index is 2.22. The van der Waals surface area contributed by atoms with Crippen LogP contribution in [-0.2, 0) is 0 Å². The first kappa shape index (κ1) is 11.8. The van der Waals surface area contributed by atoms with Gasteiger partial charge in [-0.05, 0) is 18.2 Å². The fourth-order valence-corrected chi connectivity index (χ4v) is 1.50. The number of hydrogen-bond donors (Lipinski definition) is 1. The summed E-state index contributed by atoms with van der Waals surface area (Å²) >= 11 is 11.6. The predicted molar refractivity (Wildman–Crippen MR) is 60.0 cm³/mol. The van der Waals surface area contributed by atoms with E-state index < -0.39 is 5.97 Å². The number of oxazole rings is 1. The molecule has 0 amide bonds. The second kappa shape index (κ2) is 4.65. The Morgan fingerprint density at radius 1 is 1.41 bits per heavy atom. The molecule has 0 aliphatic carbocycles. The van der Waals surface area contributed by atoms with Crippen molar-refractivity contribution in [2.24, 2.45) is 0 Å². The maximum Gasteiger partial charge on any atom is 0.399 e. The van der Waals surface area contributed by atoms with Crippen LogP contribution in [0.2, 0.25) is 10.0 Å². The van der Waals surface area contributed by atoms with Crippen LogP contribution in [-0.4, -0.2) is 16.1 Å². The highest BCUT2D eigenvalue weighted by Gasteiger charge is 2.13. The molecule has 1 N–H and O–H groups in total. The molecule has 1 aromatic carbocycles. The molecule has 0 bridgehead atoms. The minimum Gasteiger partial charge on any atom is -0.476 e. The van der Waals surface area contributed by atoms with Gasteiger partial charge in [-0.15, -0.1) is 0 Å². The normalized spacial score (nSPS) is 10.2. The lowest BCUT2D eigenvalue weighted by Gasteiger charge is -2.02. The zero-order valence-electron chi connectivity index (χ0n) is 8.18. The number of rotatable bonds is 3. The predicted octanol–water partition coefficient (Wildman–Crippen LogP) is 3.47. The number of aromatic carboxylic acids is 1. The zero-order chi connectivity index (χ0) is 12.4. The van der Waals surface area contributed by atoms with Gasteiger partial charge in [0.1, 0.15) is 6.26 Å². The SMILES string of the molecule is O=C(O)c1coc(Oc2ccc(Cl)cc2Cl)n1. The number of halogens is 2. The van der Waals surface area contributed by atoms with Crippen LogP contribution < -0.4 is 4.74 Å². The van der Waals surface area contributed by atoms with E-state index in [0.717, 1.165) is 6.26 Å². The molecule has 0 spiro atoms. The molecule has 2 rings (SSSR count). The minimum atomic E-state index is -1.20. The van der Waals surface area contributed by atoms with Crippen molar-refractivity contribution >= 4 is 29.2 Å². The van der Waals surface area contributed by atoms with E-state index in [1.165, 1.54) is 12.1 Å². The lowest BCUT2D eigenvalue weighted by atomic mass is 10.3. The molecule has 0 fully saturated rings. The quantitative estimate of drug-likeness (QED) is 0.927. The van der Waals surface area contributed by atoms with Crippen molar-refractivity contribution in [1.82, 2.24) is 4.98 Å². The van der Waals surface area contributed by atoms with E-state index in [4.69, 9.17) is 37.5 Å². The molecule has 0 radical (unpaired) electrons. The molecule has 1 aromatic heterocycles. The number of carbonyl (C=O) groups is 1. The summed E-state index contributed by atoms with van der Waals surface area (Å²) in [6.07, 6.45) is 0.771. The van der Waals surface area contributed by atoms with Gasteiger partial charge in [0.05, 0.1) is 5.02 Å². The monoisotopic (exact) mass is 273 g/mol. The van der Waals surface area contributed by atoms with Crippen molar-refractivity contribution in [1.29, 1.82) is 0 Å². The zero-order valence-corrected chi connectivity index (χ0v) is 9.70. The smallest absolute Gasteiger partial charge is 0.399 e. The highest BCUT2D eigenvalue weighted by molar-refractivity contribution is 6.35. The Morgan fingerprint density at radius 3 is 2.76 bits per heavy atom. The molecule has 0 saturated carbocycles. The topological polar surface area (TPSA) is 72.6 Å². The Bertz CT molecular complexity index is 567. The summed E-state index contributed by atoms with van der Waals surface area (Å²) in [4.78, 5) is 14.1. The molecule has 0 saturated heterocycles. The molecule has 0 aliphatic heterocycles. The highest BCUT2D eigenvalue weighted by atomic mass is 35.5. The van der Waals surface area contributed by atoms with E-state index in [9.17, 15) is 4.79 Å².